The number of aliphatic carboxylic acids is 1. The predicted octanol–water partition coefficient (Wildman–Crippen LogP) is 3.16. The molecule has 0 aromatic rings. The Labute approximate surface area is 122 Å². The van der Waals surface area contributed by atoms with Gasteiger partial charge in [-0.3, -0.25) is 9.59 Å². The highest BCUT2D eigenvalue weighted by atomic mass is 16.4. The van der Waals surface area contributed by atoms with Crippen LogP contribution in [-0.4, -0.2) is 34.5 Å². The molecule has 0 radical (unpaired) electrons. The maximum atomic E-state index is 12.8. The molecule has 116 valence electrons. The van der Waals surface area contributed by atoms with E-state index in [1.54, 1.807) is 0 Å². The van der Waals surface area contributed by atoms with Gasteiger partial charge >= 0.3 is 5.97 Å². The summed E-state index contributed by atoms with van der Waals surface area (Å²) in [6, 6.07) is 0.194. The van der Waals surface area contributed by atoms with Crippen LogP contribution in [0.25, 0.3) is 0 Å². The first-order chi connectivity index (χ1) is 9.42. The molecule has 0 aromatic carbocycles. The van der Waals surface area contributed by atoms with Gasteiger partial charge in [0.2, 0.25) is 5.91 Å². The molecule has 1 amide bonds. The molecule has 0 bridgehead atoms. The molecule has 0 spiro atoms. The number of rotatable bonds is 7. The van der Waals surface area contributed by atoms with Crippen molar-refractivity contribution in [2.45, 2.75) is 65.8 Å². The van der Waals surface area contributed by atoms with Crippen molar-refractivity contribution >= 4 is 11.9 Å². The third kappa shape index (κ3) is 3.97. The Morgan fingerprint density at radius 2 is 1.85 bits per heavy atom. The van der Waals surface area contributed by atoms with E-state index in [2.05, 4.69) is 20.8 Å². The fraction of sp³-hybridized carbons (Fsp3) is 0.875. The molecule has 0 heterocycles. The third-order valence-electron chi connectivity index (χ3n) is 4.59. The van der Waals surface area contributed by atoms with Crippen LogP contribution in [0.2, 0.25) is 0 Å². The van der Waals surface area contributed by atoms with Crippen molar-refractivity contribution < 1.29 is 14.7 Å². The first-order valence-corrected chi connectivity index (χ1v) is 7.95. The summed E-state index contributed by atoms with van der Waals surface area (Å²) in [6.07, 6.45) is 4.29. The van der Waals surface area contributed by atoms with Gasteiger partial charge in [-0.05, 0) is 38.5 Å². The number of carboxylic acid groups (broad SMARTS) is 1. The zero-order chi connectivity index (χ0) is 15.3. The summed E-state index contributed by atoms with van der Waals surface area (Å²) >= 11 is 0. The van der Waals surface area contributed by atoms with Crippen LogP contribution >= 0.6 is 0 Å². The maximum absolute atomic E-state index is 12.8. The average Bonchev–Trinajstić information content (AvgIpc) is 2.80. The molecule has 2 unspecified atom stereocenters. The Kier molecular flexibility index (Phi) is 6.50. The fourth-order valence-corrected chi connectivity index (χ4v) is 3.15. The van der Waals surface area contributed by atoms with E-state index in [4.69, 9.17) is 0 Å². The van der Waals surface area contributed by atoms with Crippen molar-refractivity contribution in [3.8, 4) is 0 Å². The van der Waals surface area contributed by atoms with Gasteiger partial charge in [0.25, 0.3) is 0 Å². The highest BCUT2D eigenvalue weighted by molar-refractivity contribution is 5.85. The monoisotopic (exact) mass is 283 g/mol. The molecule has 1 N–H and O–H groups in total. The van der Waals surface area contributed by atoms with Gasteiger partial charge in [0, 0.05) is 12.6 Å². The van der Waals surface area contributed by atoms with Crippen LogP contribution in [0.3, 0.4) is 0 Å². The van der Waals surface area contributed by atoms with Crippen molar-refractivity contribution in [2.24, 2.45) is 17.8 Å². The number of carbonyl (C=O) groups excluding carboxylic acids is 1. The molecule has 20 heavy (non-hydrogen) atoms. The Balaban J connectivity index is 2.84. The summed E-state index contributed by atoms with van der Waals surface area (Å²) in [6.45, 7) is 9.03. The van der Waals surface area contributed by atoms with Crippen LogP contribution in [-0.2, 0) is 9.59 Å². The minimum absolute atomic E-state index is 0.0598. The molecule has 0 saturated heterocycles. The number of amides is 1. The van der Waals surface area contributed by atoms with Crippen molar-refractivity contribution in [3.05, 3.63) is 0 Å². The molecule has 1 rings (SSSR count). The van der Waals surface area contributed by atoms with E-state index in [-0.39, 0.29) is 17.9 Å². The van der Waals surface area contributed by atoms with E-state index in [1.807, 2.05) is 11.8 Å². The molecule has 0 aromatic heterocycles. The first-order valence-electron chi connectivity index (χ1n) is 7.95. The fourth-order valence-electron chi connectivity index (χ4n) is 3.15. The lowest BCUT2D eigenvalue weighted by Gasteiger charge is -2.32. The van der Waals surface area contributed by atoms with Crippen LogP contribution in [0.4, 0.5) is 0 Å². The summed E-state index contributed by atoms with van der Waals surface area (Å²) in [4.78, 5) is 26.1. The van der Waals surface area contributed by atoms with Gasteiger partial charge in [-0.15, -0.1) is 0 Å². The van der Waals surface area contributed by atoms with E-state index in [9.17, 15) is 14.7 Å². The Bertz CT molecular complexity index is 343. The lowest BCUT2D eigenvalue weighted by molar-refractivity contribution is -0.150. The van der Waals surface area contributed by atoms with Crippen LogP contribution in [0.15, 0.2) is 0 Å². The Morgan fingerprint density at radius 1 is 1.25 bits per heavy atom. The molecule has 0 aliphatic heterocycles. The van der Waals surface area contributed by atoms with Crippen LogP contribution < -0.4 is 0 Å². The van der Waals surface area contributed by atoms with Gasteiger partial charge in [0.05, 0.1) is 11.8 Å². The van der Waals surface area contributed by atoms with Gasteiger partial charge in [-0.2, -0.15) is 0 Å². The van der Waals surface area contributed by atoms with Crippen LogP contribution in [0.5, 0.6) is 0 Å². The number of carboxylic acids is 1. The van der Waals surface area contributed by atoms with Gasteiger partial charge < -0.3 is 10.0 Å². The minimum atomic E-state index is -0.813. The minimum Gasteiger partial charge on any atom is -0.481 e. The smallest absolute Gasteiger partial charge is 0.307 e. The molecule has 1 aliphatic rings. The van der Waals surface area contributed by atoms with Gasteiger partial charge in [0.1, 0.15) is 0 Å². The lowest BCUT2D eigenvalue weighted by Crippen LogP contribution is -2.44. The summed E-state index contributed by atoms with van der Waals surface area (Å²) in [5, 5.41) is 9.33. The number of hydrogen-bond acceptors (Lipinski definition) is 2. The number of nitrogens with zero attached hydrogens (tertiary/aromatic N) is 1. The molecule has 4 nitrogen and oxygen atoms in total. The van der Waals surface area contributed by atoms with Gasteiger partial charge in [0.15, 0.2) is 0 Å². The highest BCUT2D eigenvalue weighted by Crippen LogP contribution is 2.38. The van der Waals surface area contributed by atoms with Crippen molar-refractivity contribution in [1.82, 2.24) is 4.90 Å². The van der Waals surface area contributed by atoms with E-state index in [0.717, 1.165) is 32.2 Å². The molecule has 1 fully saturated rings. The van der Waals surface area contributed by atoms with E-state index in [1.165, 1.54) is 0 Å². The standard InChI is InChI=1S/C16H29NO3/c1-5-7-8-17(12(4)6-2)15(18)13-9-11(3)10-14(13)16(19)20/h11-14H,5-10H2,1-4H3,(H,19,20)/t11?,12?,13-,14+/m0/s1. The molecular weight excluding hydrogens is 254 g/mol. The second-order valence-electron chi connectivity index (χ2n) is 6.27. The second kappa shape index (κ2) is 7.65. The van der Waals surface area contributed by atoms with Crippen molar-refractivity contribution in [1.29, 1.82) is 0 Å². The molecule has 1 saturated carbocycles. The normalized spacial score (nSPS) is 27.3. The second-order valence-corrected chi connectivity index (χ2v) is 6.27. The molecule has 4 heteroatoms. The lowest BCUT2D eigenvalue weighted by atomic mass is 9.94. The average molecular weight is 283 g/mol. The zero-order valence-electron chi connectivity index (χ0n) is 13.3. The van der Waals surface area contributed by atoms with E-state index < -0.39 is 11.9 Å². The molecular formula is C16H29NO3. The maximum Gasteiger partial charge on any atom is 0.307 e. The summed E-state index contributed by atoms with van der Waals surface area (Å²) in [5.74, 6) is -1.24. The number of hydrogen-bond donors (Lipinski definition) is 1. The predicted molar refractivity (Wildman–Crippen MR) is 79.4 cm³/mol. The van der Waals surface area contributed by atoms with Gasteiger partial charge in [-0.1, -0.05) is 27.2 Å². The third-order valence-corrected chi connectivity index (χ3v) is 4.59. The zero-order valence-corrected chi connectivity index (χ0v) is 13.3. The Morgan fingerprint density at radius 3 is 2.35 bits per heavy atom. The van der Waals surface area contributed by atoms with Crippen molar-refractivity contribution in [2.75, 3.05) is 6.54 Å². The topological polar surface area (TPSA) is 57.6 Å². The quantitative estimate of drug-likeness (QED) is 0.780. The van der Waals surface area contributed by atoms with Crippen molar-refractivity contribution in [3.63, 3.8) is 0 Å². The largest absolute Gasteiger partial charge is 0.481 e. The molecule has 4 atom stereocenters. The SMILES string of the molecule is CCCCN(C(=O)[C@H]1CC(C)C[C@H]1C(=O)O)C(C)CC. The highest BCUT2D eigenvalue weighted by Gasteiger charge is 2.43. The Hall–Kier alpha value is -1.06. The van der Waals surface area contributed by atoms with Crippen LogP contribution in [0, 0.1) is 17.8 Å². The number of unbranched alkanes of at least 4 members (excludes halogenated alkanes) is 1. The summed E-state index contributed by atoms with van der Waals surface area (Å²) in [5.41, 5.74) is 0. The molecule has 1 aliphatic carbocycles. The van der Waals surface area contributed by atoms with E-state index in [0.29, 0.717) is 12.3 Å². The first kappa shape index (κ1) is 17.0. The van der Waals surface area contributed by atoms with Crippen LogP contribution in [0.1, 0.15) is 59.8 Å². The van der Waals surface area contributed by atoms with E-state index >= 15 is 0 Å². The summed E-state index contributed by atoms with van der Waals surface area (Å²) < 4.78 is 0. The van der Waals surface area contributed by atoms with Gasteiger partial charge in [-0.25, -0.2) is 0 Å². The summed E-state index contributed by atoms with van der Waals surface area (Å²) in [7, 11) is 0. The number of carbonyl (C=O) groups is 2.